The number of rotatable bonds is 22. The van der Waals surface area contributed by atoms with Gasteiger partial charge < -0.3 is 17.5 Å². The fraction of sp³-hybridized carbons (Fsp3) is 1.00. The van der Waals surface area contributed by atoms with Crippen molar-refractivity contribution in [2.24, 2.45) is 0 Å². The molecule has 0 aromatic carbocycles. The first-order valence-electron chi connectivity index (χ1n) is 13.7. The summed E-state index contributed by atoms with van der Waals surface area (Å²) in [6.07, 6.45) is 2.45. The van der Waals surface area contributed by atoms with Gasteiger partial charge in [0.05, 0.1) is 0 Å². The van der Waals surface area contributed by atoms with E-state index < -0.39 is 25.3 Å². The highest BCUT2D eigenvalue weighted by Gasteiger charge is 2.45. The average molecular weight is 524 g/mol. The minimum absolute atomic E-state index is 0.672. The first-order chi connectivity index (χ1) is 15.4. The van der Waals surface area contributed by atoms with Gasteiger partial charge in [-0.25, -0.2) is 0 Å². The molecule has 0 N–H and O–H groups in total. The molecular formula is C24H57NO3SSi3. The van der Waals surface area contributed by atoms with Gasteiger partial charge in [0.1, 0.15) is 16.5 Å². The van der Waals surface area contributed by atoms with Gasteiger partial charge in [0.25, 0.3) is 0 Å². The monoisotopic (exact) mass is 523 g/mol. The fourth-order valence-electron chi connectivity index (χ4n) is 5.44. The van der Waals surface area contributed by atoms with Gasteiger partial charge in [-0.15, -0.1) is 0 Å². The number of nitrogens with zero attached hydrogens (tertiary/aromatic N) is 1. The van der Waals surface area contributed by atoms with Crippen LogP contribution in [0.5, 0.6) is 0 Å². The first-order valence-corrected chi connectivity index (χ1v) is 21.9. The molecule has 0 rings (SSSR count). The molecule has 4 nitrogen and oxygen atoms in total. The molecule has 0 saturated heterocycles. The third-order valence-corrected chi connectivity index (χ3v) is 25.4. The van der Waals surface area contributed by atoms with Gasteiger partial charge in [0.2, 0.25) is 0 Å². The lowest BCUT2D eigenvalue weighted by atomic mass is 10.5. The van der Waals surface area contributed by atoms with E-state index >= 15 is 0 Å². The second-order valence-corrected chi connectivity index (χ2v) is 23.4. The Labute approximate surface area is 209 Å². The summed E-state index contributed by atoms with van der Waals surface area (Å²) in [5, 5.41) is 0. The zero-order chi connectivity index (χ0) is 24.5. The summed E-state index contributed by atoms with van der Waals surface area (Å²) >= 11 is 2.12. The van der Waals surface area contributed by atoms with Gasteiger partial charge in [0.15, 0.2) is 0 Å². The van der Waals surface area contributed by atoms with E-state index in [1.165, 1.54) is 60.7 Å². The van der Waals surface area contributed by atoms with E-state index in [4.69, 9.17) is 13.3 Å². The Morgan fingerprint density at radius 2 is 0.938 bits per heavy atom. The van der Waals surface area contributed by atoms with Crippen molar-refractivity contribution in [3.63, 3.8) is 0 Å². The molecule has 0 aliphatic carbocycles. The van der Waals surface area contributed by atoms with Crippen LogP contribution in [0.25, 0.3) is 0 Å². The molecule has 0 radical (unpaired) electrons. The van der Waals surface area contributed by atoms with Crippen molar-refractivity contribution in [2.45, 2.75) is 117 Å². The molecular weight excluding hydrogens is 467 g/mol. The van der Waals surface area contributed by atoms with Crippen molar-refractivity contribution in [1.29, 1.82) is 0 Å². The van der Waals surface area contributed by atoms with E-state index in [9.17, 15) is 0 Å². The van der Waals surface area contributed by atoms with E-state index in [2.05, 4.69) is 57.5 Å². The van der Waals surface area contributed by atoms with Crippen LogP contribution < -0.4 is 0 Å². The maximum atomic E-state index is 6.01. The predicted octanol–water partition coefficient (Wildman–Crippen LogP) is 7.86. The third kappa shape index (κ3) is 9.47. The molecule has 0 fully saturated rings. The smallest absolute Gasteiger partial charge is 0.374 e. The SMILES string of the molecule is CCO[Si](CCCSCCCN([Si](CC)(CC)CC)[Si](CC)(CC)CC)(OCC)OCC. The zero-order valence-corrected chi connectivity index (χ0v) is 27.0. The summed E-state index contributed by atoms with van der Waals surface area (Å²) in [6, 6.07) is 9.45. The minimum Gasteiger partial charge on any atom is -0.374 e. The molecule has 194 valence electrons. The lowest BCUT2D eigenvalue weighted by Crippen LogP contribution is -2.66. The molecule has 0 aromatic rings. The first kappa shape index (κ1) is 32.8. The molecule has 8 heteroatoms. The Bertz CT molecular complexity index is 399. The van der Waals surface area contributed by atoms with Crippen LogP contribution in [0, 0.1) is 0 Å². The van der Waals surface area contributed by atoms with Crippen LogP contribution in [0.2, 0.25) is 42.3 Å². The third-order valence-electron chi connectivity index (χ3n) is 7.63. The summed E-state index contributed by atoms with van der Waals surface area (Å²) in [7, 11) is -5.13. The zero-order valence-electron chi connectivity index (χ0n) is 23.2. The molecule has 0 spiro atoms. The summed E-state index contributed by atoms with van der Waals surface area (Å²) in [5.41, 5.74) is 0. The van der Waals surface area contributed by atoms with Crippen molar-refractivity contribution in [3.05, 3.63) is 0 Å². The lowest BCUT2D eigenvalue weighted by molar-refractivity contribution is 0.0712. The van der Waals surface area contributed by atoms with Crippen LogP contribution in [-0.2, 0) is 13.3 Å². The topological polar surface area (TPSA) is 30.9 Å². The molecule has 0 heterocycles. The van der Waals surface area contributed by atoms with Gasteiger partial charge in [-0.1, -0.05) is 41.5 Å². The molecule has 0 unspecified atom stereocenters. The molecule has 32 heavy (non-hydrogen) atoms. The molecule has 0 saturated carbocycles. The minimum atomic E-state index is -2.47. The maximum Gasteiger partial charge on any atom is 0.500 e. The Hall–Kier alpha value is 0.841. The van der Waals surface area contributed by atoms with Crippen LogP contribution in [0.3, 0.4) is 0 Å². The van der Waals surface area contributed by atoms with Crippen LogP contribution in [-0.4, -0.2) is 67.4 Å². The van der Waals surface area contributed by atoms with E-state index in [1.54, 1.807) is 0 Å². The van der Waals surface area contributed by atoms with Crippen LogP contribution >= 0.6 is 11.8 Å². The van der Waals surface area contributed by atoms with Gasteiger partial charge in [-0.3, -0.25) is 0 Å². The van der Waals surface area contributed by atoms with E-state index in [1.807, 2.05) is 20.8 Å². The van der Waals surface area contributed by atoms with E-state index in [-0.39, 0.29) is 0 Å². The quantitative estimate of drug-likeness (QED) is 0.106. The molecule has 0 aliphatic rings. The van der Waals surface area contributed by atoms with Gasteiger partial charge in [0, 0.05) is 25.9 Å². The average Bonchev–Trinajstić information content (AvgIpc) is 2.81. The maximum absolute atomic E-state index is 6.01. The van der Waals surface area contributed by atoms with Crippen LogP contribution in [0.4, 0.5) is 0 Å². The van der Waals surface area contributed by atoms with E-state index in [0.717, 1.165) is 12.5 Å². The lowest BCUT2D eigenvalue weighted by Gasteiger charge is -2.52. The summed E-state index contributed by atoms with van der Waals surface area (Å²) in [6.45, 7) is 24.3. The van der Waals surface area contributed by atoms with Crippen molar-refractivity contribution in [1.82, 2.24) is 4.23 Å². The van der Waals surface area contributed by atoms with Gasteiger partial charge in [-0.2, -0.15) is 11.8 Å². The molecule has 0 aromatic heterocycles. The fourth-order valence-corrected chi connectivity index (χ4v) is 22.6. The normalized spacial score (nSPS) is 13.3. The molecule has 0 amide bonds. The standard InChI is InChI=1S/C24H57NO3SSi3/c1-10-26-32(27-11-2,28-12-3)24-20-23-29-22-19-21-25(30(13-4,14-5)15-6)31(16-7,17-8)18-9/h10-24H2,1-9H3. The molecule has 0 aliphatic heterocycles. The Kier molecular flexibility index (Phi) is 18.6. The molecule has 0 atom stereocenters. The van der Waals surface area contributed by atoms with Crippen molar-refractivity contribution in [3.8, 4) is 0 Å². The van der Waals surface area contributed by atoms with Gasteiger partial charge in [-0.05, 0) is 87.9 Å². The second-order valence-electron chi connectivity index (χ2n) is 8.77. The molecule has 0 bridgehead atoms. The van der Waals surface area contributed by atoms with Gasteiger partial charge >= 0.3 is 8.80 Å². The van der Waals surface area contributed by atoms with Crippen LogP contribution in [0.15, 0.2) is 0 Å². The van der Waals surface area contributed by atoms with E-state index in [0.29, 0.717) is 19.8 Å². The highest BCUT2D eigenvalue weighted by Crippen LogP contribution is 2.36. The number of thioether (sulfide) groups is 1. The number of hydrogen-bond acceptors (Lipinski definition) is 5. The Morgan fingerprint density at radius 3 is 1.28 bits per heavy atom. The van der Waals surface area contributed by atoms with Crippen molar-refractivity contribution in [2.75, 3.05) is 37.9 Å². The Morgan fingerprint density at radius 1 is 0.562 bits per heavy atom. The second kappa shape index (κ2) is 18.2. The van der Waals surface area contributed by atoms with Crippen molar-refractivity contribution < 1.29 is 13.3 Å². The van der Waals surface area contributed by atoms with Crippen LogP contribution in [0.1, 0.15) is 75.2 Å². The Balaban J connectivity index is 4.88. The highest BCUT2D eigenvalue weighted by atomic mass is 32.2. The highest BCUT2D eigenvalue weighted by molar-refractivity contribution is 7.99. The number of hydrogen-bond donors (Lipinski definition) is 0. The summed E-state index contributed by atoms with van der Waals surface area (Å²) in [4.78, 5) is 0. The largest absolute Gasteiger partial charge is 0.500 e. The predicted molar refractivity (Wildman–Crippen MR) is 153 cm³/mol. The van der Waals surface area contributed by atoms with Crippen molar-refractivity contribution >= 4 is 37.0 Å². The summed E-state index contributed by atoms with van der Waals surface area (Å²) < 4.78 is 21.2. The summed E-state index contributed by atoms with van der Waals surface area (Å²) in [5.74, 6) is 2.45.